The molecule has 2 amide bonds. The van der Waals surface area contributed by atoms with Gasteiger partial charge in [0, 0.05) is 4.88 Å². The molecular formula is C21H28N2O4S. The topological polar surface area (TPSA) is 109 Å². The molecule has 6 nitrogen and oxygen atoms in total. The highest BCUT2D eigenvalue weighted by molar-refractivity contribution is 7.17. The third-order valence-electron chi connectivity index (χ3n) is 6.06. The molecule has 1 aromatic rings. The predicted octanol–water partition coefficient (Wildman–Crippen LogP) is 3.60. The largest absolute Gasteiger partial charge is 0.481 e. The lowest BCUT2D eigenvalue weighted by Gasteiger charge is -2.33. The summed E-state index contributed by atoms with van der Waals surface area (Å²) in [6, 6.07) is 0. The molecular weight excluding hydrogens is 376 g/mol. The van der Waals surface area contributed by atoms with Gasteiger partial charge in [0.1, 0.15) is 5.00 Å². The van der Waals surface area contributed by atoms with Crippen molar-refractivity contribution in [2.24, 2.45) is 28.9 Å². The van der Waals surface area contributed by atoms with Crippen LogP contribution in [0.5, 0.6) is 0 Å². The van der Waals surface area contributed by atoms with Gasteiger partial charge in [-0.3, -0.25) is 14.4 Å². The molecule has 3 atom stereocenters. The predicted molar refractivity (Wildman–Crippen MR) is 109 cm³/mol. The quantitative estimate of drug-likeness (QED) is 0.666. The second-order valence-corrected chi connectivity index (χ2v) is 9.97. The van der Waals surface area contributed by atoms with Gasteiger partial charge in [-0.25, -0.2) is 0 Å². The van der Waals surface area contributed by atoms with Gasteiger partial charge in [-0.2, -0.15) is 0 Å². The van der Waals surface area contributed by atoms with Crippen molar-refractivity contribution in [3.05, 3.63) is 28.2 Å². The Kier molecular flexibility index (Phi) is 5.66. The van der Waals surface area contributed by atoms with Crippen LogP contribution in [-0.4, -0.2) is 22.9 Å². The molecule has 1 heterocycles. The number of carbonyl (C=O) groups excluding carboxylic acids is 2. The number of nitrogens with two attached hydrogens (primary N) is 1. The number of rotatable bonds is 4. The summed E-state index contributed by atoms with van der Waals surface area (Å²) in [7, 11) is 0. The Morgan fingerprint density at radius 3 is 2.39 bits per heavy atom. The molecule has 0 bridgehead atoms. The molecule has 1 aromatic heterocycles. The summed E-state index contributed by atoms with van der Waals surface area (Å²) < 4.78 is 0. The van der Waals surface area contributed by atoms with Crippen LogP contribution < -0.4 is 11.1 Å². The van der Waals surface area contributed by atoms with Crippen LogP contribution in [0.15, 0.2) is 12.2 Å². The lowest BCUT2D eigenvalue weighted by Crippen LogP contribution is -2.35. The number of fused-ring (bicyclic) bond motifs is 1. The van der Waals surface area contributed by atoms with Crippen molar-refractivity contribution in [2.75, 3.05) is 5.32 Å². The van der Waals surface area contributed by atoms with E-state index in [-0.39, 0.29) is 11.3 Å². The smallest absolute Gasteiger partial charge is 0.307 e. The van der Waals surface area contributed by atoms with Gasteiger partial charge in [0.2, 0.25) is 5.91 Å². The average Bonchev–Trinajstić information content (AvgIpc) is 2.97. The number of amides is 2. The van der Waals surface area contributed by atoms with Crippen LogP contribution in [0.25, 0.3) is 0 Å². The lowest BCUT2D eigenvalue weighted by molar-refractivity contribution is -0.146. The number of nitrogens with one attached hydrogen (secondary N) is 1. The molecule has 0 aromatic carbocycles. The molecule has 3 rings (SSSR count). The van der Waals surface area contributed by atoms with Crippen LogP contribution in [0.4, 0.5) is 5.00 Å². The minimum Gasteiger partial charge on any atom is -0.481 e. The molecule has 0 spiro atoms. The Balaban J connectivity index is 1.87. The fraction of sp³-hybridized carbons (Fsp3) is 0.571. The monoisotopic (exact) mass is 404 g/mol. The van der Waals surface area contributed by atoms with E-state index in [9.17, 15) is 19.5 Å². The highest BCUT2D eigenvalue weighted by atomic mass is 32.1. The zero-order valence-corrected chi connectivity index (χ0v) is 17.4. The highest BCUT2D eigenvalue weighted by Gasteiger charge is 2.37. The Morgan fingerprint density at radius 2 is 1.82 bits per heavy atom. The van der Waals surface area contributed by atoms with Crippen LogP contribution in [0.1, 0.15) is 60.8 Å². The summed E-state index contributed by atoms with van der Waals surface area (Å²) in [5.41, 5.74) is 7.16. The number of anilines is 1. The summed E-state index contributed by atoms with van der Waals surface area (Å²) in [6.45, 7) is 6.66. The molecule has 0 radical (unpaired) electrons. The van der Waals surface area contributed by atoms with Crippen molar-refractivity contribution in [3.8, 4) is 0 Å². The van der Waals surface area contributed by atoms with E-state index in [0.717, 1.165) is 29.7 Å². The van der Waals surface area contributed by atoms with Gasteiger partial charge < -0.3 is 16.2 Å². The van der Waals surface area contributed by atoms with E-state index in [1.807, 2.05) is 6.08 Å². The Bertz CT molecular complexity index is 834. The third-order valence-corrected chi connectivity index (χ3v) is 7.23. The molecule has 2 aliphatic rings. The minimum absolute atomic E-state index is 0.168. The Hall–Kier alpha value is -2.15. The van der Waals surface area contributed by atoms with E-state index in [0.29, 0.717) is 29.3 Å². The van der Waals surface area contributed by atoms with E-state index in [2.05, 4.69) is 26.1 Å². The zero-order chi connectivity index (χ0) is 20.6. The number of aliphatic carboxylic acids is 1. The van der Waals surface area contributed by atoms with E-state index in [1.165, 1.54) is 11.3 Å². The van der Waals surface area contributed by atoms with Gasteiger partial charge in [0.15, 0.2) is 0 Å². The number of allylic oxidation sites excluding steroid dienone is 2. The second kappa shape index (κ2) is 7.70. The number of carboxylic acids is 1. The van der Waals surface area contributed by atoms with Crippen molar-refractivity contribution < 1.29 is 19.5 Å². The summed E-state index contributed by atoms with van der Waals surface area (Å²) in [6.07, 6.45) is 6.97. The number of hydrogen-bond acceptors (Lipinski definition) is 4. The number of primary amides is 1. The molecule has 152 valence electrons. The molecule has 0 saturated heterocycles. The van der Waals surface area contributed by atoms with Gasteiger partial charge >= 0.3 is 5.97 Å². The Labute approximate surface area is 169 Å². The minimum atomic E-state index is -0.974. The number of carboxylic acid groups (broad SMARTS) is 1. The molecule has 0 saturated carbocycles. The van der Waals surface area contributed by atoms with Gasteiger partial charge in [-0.15, -0.1) is 11.3 Å². The van der Waals surface area contributed by atoms with Crippen LogP contribution in [0, 0.1) is 23.2 Å². The first-order valence-corrected chi connectivity index (χ1v) is 10.5. The first-order chi connectivity index (χ1) is 13.1. The number of hydrogen-bond donors (Lipinski definition) is 3. The maximum absolute atomic E-state index is 12.8. The van der Waals surface area contributed by atoms with Crippen LogP contribution in [0.3, 0.4) is 0 Å². The van der Waals surface area contributed by atoms with Crippen molar-refractivity contribution in [1.29, 1.82) is 0 Å². The first kappa shape index (κ1) is 20.6. The van der Waals surface area contributed by atoms with E-state index < -0.39 is 23.7 Å². The summed E-state index contributed by atoms with van der Waals surface area (Å²) in [4.78, 5) is 37.6. The summed E-state index contributed by atoms with van der Waals surface area (Å²) in [5, 5.41) is 12.7. The highest BCUT2D eigenvalue weighted by Crippen LogP contribution is 2.44. The summed E-state index contributed by atoms with van der Waals surface area (Å²) >= 11 is 1.41. The normalized spacial score (nSPS) is 24.5. The van der Waals surface area contributed by atoms with Crippen LogP contribution in [0.2, 0.25) is 0 Å². The van der Waals surface area contributed by atoms with Gasteiger partial charge in [-0.05, 0) is 49.0 Å². The van der Waals surface area contributed by atoms with Gasteiger partial charge in [-0.1, -0.05) is 32.9 Å². The molecule has 0 fully saturated rings. The second-order valence-electron chi connectivity index (χ2n) is 8.86. The molecule has 28 heavy (non-hydrogen) atoms. The van der Waals surface area contributed by atoms with Crippen molar-refractivity contribution >= 4 is 34.1 Å². The molecule has 0 unspecified atom stereocenters. The standard InChI is InChI=1S/C21H28N2O4S/c1-21(2,3)11-8-9-14-15(10-11)28-19(16(14)17(22)24)23-18(25)12-6-4-5-7-13(12)20(26)27/h4-5,11-13H,6-10H2,1-3H3,(H2,22,24)(H,23,25)(H,26,27)/t11-,12-,13-/m1/s1. The average molecular weight is 405 g/mol. The molecule has 7 heteroatoms. The van der Waals surface area contributed by atoms with Crippen molar-refractivity contribution in [1.82, 2.24) is 0 Å². The van der Waals surface area contributed by atoms with Crippen LogP contribution in [-0.2, 0) is 22.4 Å². The van der Waals surface area contributed by atoms with E-state index in [4.69, 9.17) is 5.73 Å². The lowest BCUT2D eigenvalue weighted by atomic mass is 9.72. The van der Waals surface area contributed by atoms with E-state index in [1.54, 1.807) is 6.08 Å². The Morgan fingerprint density at radius 1 is 1.18 bits per heavy atom. The fourth-order valence-electron chi connectivity index (χ4n) is 4.26. The molecule has 4 N–H and O–H groups in total. The maximum atomic E-state index is 12.8. The van der Waals surface area contributed by atoms with E-state index >= 15 is 0 Å². The number of carbonyl (C=O) groups is 3. The SMILES string of the molecule is CC(C)(C)[C@@H]1CCc2c(sc(NC(=O)[C@@H]3CC=CC[C@H]3C(=O)O)c2C(N)=O)C1. The molecule has 2 aliphatic carbocycles. The summed E-state index contributed by atoms with van der Waals surface area (Å²) in [5.74, 6) is -2.77. The third kappa shape index (κ3) is 3.99. The maximum Gasteiger partial charge on any atom is 0.307 e. The van der Waals surface area contributed by atoms with Crippen molar-refractivity contribution in [2.45, 2.75) is 52.9 Å². The first-order valence-electron chi connectivity index (χ1n) is 9.72. The van der Waals surface area contributed by atoms with Gasteiger partial charge in [0.05, 0.1) is 17.4 Å². The van der Waals surface area contributed by atoms with Crippen LogP contribution >= 0.6 is 11.3 Å². The van der Waals surface area contributed by atoms with Gasteiger partial charge in [0.25, 0.3) is 5.91 Å². The molecule has 0 aliphatic heterocycles. The zero-order valence-electron chi connectivity index (χ0n) is 16.6. The number of thiophene rings is 1. The fourth-order valence-corrected chi connectivity index (χ4v) is 5.59. The van der Waals surface area contributed by atoms with Crippen molar-refractivity contribution in [3.63, 3.8) is 0 Å².